The zero-order valence-electron chi connectivity index (χ0n) is 14.2. The molecule has 0 saturated carbocycles. The second kappa shape index (κ2) is 14.0. The normalized spacial score (nSPS) is 15.9. The van der Waals surface area contributed by atoms with Crippen molar-refractivity contribution >= 4 is 5.97 Å². The Morgan fingerprint density at radius 3 is 2.41 bits per heavy atom. The van der Waals surface area contributed by atoms with Crippen LogP contribution in [0.15, 0.2) is 0 Å². The van der Waals surface area contributed by atoms with Gasteiger partial charge >= 0.3 is 5.97 Å². The van der Waals surface area contributed by atoms with Crippen molar-refractivity contribution < 1.29 is 19.0 Å². The Morgan fingerprint density at radius 1 is 1.00 bits per heavy atom. The predicted octanol–water partition coefficient (Wildman–Crippen LogP) is 2.63. The third kappa shape index (κ3) is 11.0. The average Bonchev–Trinajstić information content (AvgIpc) is 2.55. The number of ether oxygens (including phenoxy) is 3. The second-order valence-electron chi connectivity index (χ2n) is 5.85. The van der Waals surface area contributed by atoms with Gasteiger partial charge < -0.3 is 14.2 Å². The molecule has 0 aromatic heterocycles. The van der Waals surface area contributed by atoms with Crippen molar-refractivity contribution in [2.45, 2.75) is 51.9 Å². The van der Waals surface area contributed by atoms with Crippen molar-refractivity contribution in [1.29, 1.82) is 0 Å². The molecule has 1 fully saturated rings. The molecule has 0 bridgehead atoms. The molecule has 0 aromatic rings. The number of unbranched alkanes of at least 4 members (excludes halogenated alkanes) is 6. The summed E-state index contributed by atoms with van der Waals surface area (Å²) in [6.07, 6.45) is 8.59. The van der Waals surface area contributed by atoms with Crippen molar-refractivity contribution in [3.05, 3.63) is 0 Å². The van der Waals surface area contributed by atoms with E-state index >= 15 is 0 Å². The molecular weight excluding hydrogens is 282 g/mol. The summed E-state index contributed by atoms with van der Waals surface area (Å²) in [7, 11) is 0. The standard InChI is InChI=1S/C17H33NO4/c1-2-3-4-5-6-7-8-12-22-17(19)16-21-15-11-18-9-13-20-14-10-18/h2-16H2,1H3. The van der Waals surface area contributed by atoms with Crippen LogP contribution in [0.25, 0.3) is 0 Å². The van der Waals surface area contributed by atoms with E-state index in [-0.39, 0.29) is 12.6 Å². The first-order chi connectivity index (χ1) is 10.8. The van der Waals surface area contributed by atoms with Gasteiger partial charge in [0.15, 0.2) is 0 Å². The first-order valence-electron chi connectivity index (χ1n) is 8.86. The van der Waals surface area contributed by atoms with E-state index in [1.54, 1.807) is 0 Å². The average molecular weight is 315 g/mol. The van der Waals surface area contributed by atoms with Crippen LogP contribution in [0.3, 0.4) is 0 Å². The number of carbonyl (C=O) groups excluding carboxylic acids is 1. The number of morpholine rings is 1. The quantitative estimate of drug-likeness (QED) is 0.386. The molecule has 0 radical (unpaired) electrons. The summed E-state index contributed by atoms with van der Waals surface area (Å²) >= 11 is 0. The van der Waals surface area contributed by atoms with E-state index < -0.39 is 0 Å². The molecule has 1 heterocycles. The van der Waals surface area contributed by atoms with Crippen molar-refractivity contribution in [3.8, 4) is 0 Å². The Labute approximate surface area is 135 Å². The molecule has 0 atom stereocenters. The summed E-state index contributed by atoms with van der Waals surface area (Å²) in [5.74, 6) is -0.243. The number of hydrogen-bond donors (Lipinski definition) is 0. The summed E-state index contributed by atoms with van der Waals surface area (Å²) in [5.41, 5.74) is 0. The van der Waals surface area contributed by atoms with Crippen LogP contribution >= 0.6 is 0 Å². The lowest BCUT2D eigenvalue weighted by Gasteiger charge is -2.26. The van der Waals surface area contributed by atoms with E-state index in [2.05, 4.69) is 11.8 Å². The third-order valence-electron chi connectivity index (χ3n) is 3.89. The first-order valence-corrected chi connectivity index (χ1v) is 8.86. The van der Waals surface area contributed by atoms with Gasteiger partial charge in [-0.05, 0) is 6.42 Å². The Balaban J connectivity index is 1.81. The maximum Gasteiger partial charge on any atom is 0.332 e. The van der Waals surface area contributed by atoms with Crippen LogP contribution < -0.4 is 0 Å². The number of carbonyl (C=O) groups is 1. The fraction of sp³-hybridized carbons (Fsp3) is 0.941. The highest BCUT2D eigenvalue weighted by atomic mass is 16.6. The SMILES string of the molecule is CCCCCCCCCOC(=O)COCCN1CCOCC1. The van der Waals surface area contributed by atoms with Gasteiger partial charge in [-0.2, -0.15) is 0 Å². The molecule has 1 aliphatic rings. The van der Waals surface area contributed by atoms with Crippen LogP contribution in [0.4, 0.5) is 0 Å². The fourth-order valence-electron chi connectivity index (χ4n) is 2.46. The number of rotatable bonds is 13. The van der Waals surface area contributed by atoms with Gasteiger partial charge in [-0.1, -0.05) is 45.4 Å². The minimum absolute atomic E-state index is 0.0703. The molecular formula is C17H33NO4. The summed E-state index contributed by atoms with van der Waals surface area (Å²) in [6.45, 7) is 7.74. The van der Waals surface area contributed by atoms with E-state index in [4.69, 9.17) is 14.2 Å². The Bertz CT molecular complexity index is 267. The van der Waals surface area contributed by atoms with Gasteiger partial charge in [-0.25, -0.2) is 4.79 Å². The van der Waals surface area contributed by atoms with E-state index in [0.29, 0.717) is 13.2 Å². The van der Waals surface area contributed by atoms with Crippen LogP contribution in [0.5, 0.6) is 0 Å². The van der Waals surface area contributed by atoms with Gasteiger partial charge in [0.05, 0.1) is 26.4 Å². The van der Waals surface area contributed by atoms with Crippen molar-refractivity contribution in [1.82, 2.24) is 4.90 Å². The molecule has 0 aliphatic carbocycles. The highest BCUT2D eigenvalue weighted by Gasteiger charge is 2.10. The summed E-state index contributed by atoms with van der Waals surface area (Å²) < 4.78 is 15.8. The summed E-state index contributed by atoms with van der Waals surface area (Å²) in [5, 5.41) is 0. The molecule has 0 spiro atoms. The third-order valence-corrected chi connectivity index (χ3v) is 3.89. The highest BCUT2D eigenvalue weighted by Crippen LogP contribution is 2.06. The maximum atomic E-state index is 11.5. The zero-order valence-corrected chi connectivity index (χ0v) is 14.2. The molecule has 22 heavy (non-hydrogen) atoms. The predicted molar refractivity (Wildman–Crippen MR) is 87.0 cm³/mol. The minimum atomic E-state index is -0.243. The van der Waals surface area contributed by atoms with Crippen LogP contribution in [-0.2, 0) is 19.0 Å². The molecule has 5 nitrogen and oxygen atoms in total. The lowest BCUT2D eigenvalue weighted by Crippen LogP contribution is -2.38. The lowest BCUT2D eigenvalue weighted by atomic mass is 10.1. The smallest absolute Gasteiger partial charge is 0.332 e. The summed E-state index contributed by atoms with van der Waals surface area (Å²) in [4.78, 5) is 13.8. The maximum absolute atomic E-state index is 11.5. The van der Waals surface area contributed by atoms with Crippen molar-refractivity contribution in [2.75, 3.05) is 52.7 Å². The van der Waals surface area contributed by atoms with Gasteiger partial charge in [0.25, 0.3) is 0 Å². The van der Waals surface area contributed by atoms with Gasteiger partial charge in [0.2, 0.25) is 0 Å². The molecule has 0 N–H and O–H groups in total. The van der Waals surface area contributed by atoms with Crippen LogP contribution in [-0.4, -0.2) is 63.5 Å². The van der Waals surface area contributed by atoms with E-state index in [9.17, 15) is 4.79 Å². The number of nitrogens with zero attached hydrogens (tertiary/aromatic N) is 1. The molecule has 0 unspecified atom stereocenters. The fourth-order valence-corrected chi connectivity index (χ4v) is 2.46. The monoisotopic (exact) mass is 315 g/mol. The van der Waals surface area contributed by atoms with E-state index in [1.807, 2.05) is 0 Å². The second-order valence-corrected chi connectivity index (χ2v) is 5.85. The first kappa shape index (κ1) is 19.4. The molecule has 0 amide bonds. The molecule has 1 saturated heterocycles. The zero-order chi connectivity index (χ0) is 15.9. The minimum Gasteiger partial charge on any atom is -0.464 e. The van der Waals surface area contributed by atoms with Crippen LogP contribution in [0.2, 0.25) is 0 Å². The van der Waals surface area contributed by atoms with Crippen LogP contribution in [0, 0.1) is 0 Å². The number of hydrogen-bond acceptors (Lipinski definition) is 5. The lowest BCUT2D eigenvalue weighted by molar-refractivity contribution is -0.149. The van der Waals surface area contributed by atoms with Gasteiger partial charge in [0.1, 0.15) is 6.61 Å². The Kier molecular flexibility index (Phi) is 12.3. The van der Waals surface area contributed by atoms with Gasteiger partial charge in [-0.3, -0.25) is 4.90 Å². The van der Waals surface area contributed by atoms with Gasteiger partial charge in [0, 0.05) is 19.6 Å². The van der Waals surface area contributed by atoms with Gasteiger partial charge in [-0.15, -0.1) is 0 Å². The molecule has 130 valence electrons. The van der Waals surface area contributed by atoms with E-state index in [1.165, 1.54) is 32.1 Å². The topological polar surface area (TPSA) is 48.0 Å². The molecule has 1 aliphatic heterocycles. The van der Waals surface area contributed by atoms with Crippen molar-refractivity contribution in [3.63, 3.8) is 0 Å². The van der Waals surface area contributed by atoms with Crippen LogP contribution in [0.1, 0.15) is 51.9 Å². The van der Waals surface area contributed by atoms with Crippen molar-refractivity contribution in [2.24, 2.45) is 0 Å². The Hall–Kier alpha value is -0.650. The van der Waals surface area contributed by atoms with E-state index in [0.717, 1.165) is 45.7 Å². The Morgan fingerprint density at radius 2 is 1.68 bits per heavy atom. The largest absolute Gasteiger partial charge is 0.464 e. The molecule has 0 aromatic carbocycles. The molecule has 1 rings (SSSR count). The number of esters is 1. The summed E-state index contributed by atoms with van der Waals surface area (Å²) in [6, 6.07) is 0. The molecule has 5 heteroatoms. The highest BCUT2D eigenvalue weighted by molar-refractivity contribution is 5.70.